The monoisotopic (exact) mass is 279 g/mol. The number of nitrogens with one attached hydrogen (secondary N) is 2. The maximum Gasteiger partial charge on any atom is 0.0926 e. The van der Waals surface area contributed by atoms with Crippen LogP contribution in [0, 0.1) is 6.92 Å². The number of benzene rings is 1. The zero-order valence-electron chi connectivity index (χ0n) is 11.9. The highest BCUT2D eigenvalue weighted by molar-refractivity contribution is 5.44. The summed E-state index contributed by atoms with van der Waals surface area (Å²) in [6.45, 7) is 3.12. The lowest BCUT2D eigenvalue weighted by Gasteiger charge is -2.25. The van der Waals surface area contributed by atoms with Crippen molar-refractivity contribution in [2.24, 2.45) is 0 Å². The summed E-state index contributed by atoms with van der Waals surface area (Å²) in [6.07, 6.45) is 6.55. The summed E-state index contributed by atoms with van der Waals surface area (Å²) >= 11 is 0. The molecule has 3 aromatic rings. The standard InChI is InChI=1S/C16H17N5/c1-11-9-12(21-8-2-6-20-21)3-4-13(11)15-16-14(5-7-17-15)18-10-19-16/h2-4,6,8-10,15,17H,5,7H2,1H3,(H,18,19)/t15-/m1/s1. The third-order valence-electron chi connectivity index (χ3n) is 4.08. The molecule has 5 heteroatoms. The van der Waals surface area contributed by atoms with E-state index in [-0.39, 0.29) is 6.04 Å². The van der Waals surface area contributed by atoms with E-state index < -0.39 is 0 Å². The second-order valence-electron chi connectivity index (χ2n) is 5.39. The van der Waals surface area contributed by atoms with Crippen LogP contribution in [0.4, 0.5) is 0 Å². The summed E-state index contributed by atoms with van der Waals surface area (Å²) in [5.41, 5.74) is 5.97. The molecular weight excluding hydrogens is 262 g/mol. The van der Waals surface area contributed by atoms with Gasteiger partial charge in [0.1, 0.15) is 0 Å². The van der Waals surface area contributed by atoms with Gasteiger partial charge in [-0.15, -0.1) is 0 Å². The van der Waals surface area contributed by atoms with Crippen molar-refractivity contribution in [1.82, 2.24) is 25.1 Å². The molecule has 0 unspecified atom stereocenters. The molecule has 0 fully saturated rings. The van der Waals surface area contributed by atoms with Crippen LogP contribution in [-0.2, 0) is 6.42 Å². The van der Waals surface area contributed by atoms with Crippen LogP contribution in [0.5, 0.6) is 0 Å². The van der Waals surface area contributed by atoms with Gasteiger partial charge in [0.25, 0.3) is 0 Å². The number of imidazole rings is 1. The van der Waals surface area contributed by atoms with Crippen molar-refractivity contribution in [2.75, 3.05) is 6.54 Å². The maximum atomic E-state index is 4.49. The first kappa shape index (κ1) is 12.3. The molecule has 0 saturated heterocycles. The largest absolute Gasteiger partial charge is 0.348 e. The molecule has 1 atom stereocenters. The molecule has 106 valence electrons. The van der Waals surface area contributed by atoms with Crippen molar-refractivity contribution in [1.29, 1.82) is 0 Å². The van der Waals surface area contributed by atoms with Crippen molar-refractivity contribution in [3.63, 3.8) is 0 Å². The molecule has 2 N–H and O–H groups in total. The predicted octanol–water partition coefficient (Wildman–Crippen LogP) is 2.14. The molecule has 1 aliphatic rings. The fraction of sp³-hybridized carbons (Fsp3) is 0.250. The number of aromatic amines is 1. The summed E-state index contributed by atoms with van der Waals surface area (Å²) in [6, 6.07) is 8.56. The van der Waals surface area contributed by atoms with E-state index >= 15 is 0 Å². The highest BCUT2D eigenvalue weighted by Gasteiger charge is 2.24. The molecule has 1 aliphatic heterocycles. The van der Waals surface area contributed by atoms with Gasteiger partial charge in [-0.2, -0.15) is 5.10 Å². The van der Waals surface area contributed by atoms with Gasteiger partial charge in [-0.1, -0.05) is 6.07 Å². The van der Waals surface area contributed by atoms with Crippen molar-refractivity contribution in [3.8, 4) is 5.69 Å². The zero-order chi connectivity index (χ0) is 14.2. The van der Waals surface area contributed by atoms with Crippen LogP contribution in [0.1, 0.15) is 28.6 Å². The molecule has 0 amide bonds. The van der Waals surface area contributed by atoms with Gasteiger partial charge in [0.15, 0.2) is 0 Å². The molecule has 4 rings (SSSR count). The number of hydrogen-bond acceptors (Lipinski definition) is 3. The van der Waals surface area contributed by atoms with Crippen molar-refractivity contribution in [2.45, 2.75) is 19.4 Å². The van der Waals surface area contributed by atoms with Gasteiger partial charge in [-0.05, 0) is 36.2 Å². The smallest absolute Gasteiger partial charge is 0.0926 e. The predicted molar refractivity (Wildman–Crippen MR) is 80.4 cm³/mol. The Morgan fingerprint density at radius 2 is 2.29 bits per heavy atom. The van der Waals surface area contributed by atoms with Crippen LogP contribution in [0.3, 0.4) is 0 Å². The lowest BCUT2D eigenvalue weighted by Crippen LogP contribution is -2.31. The number of H-pyrrole nitrogens is 1. The van der Waals surface area contributed by atoms with E-state index in [9.17, 15) is 0 Å². The zero-order valence-corrected chi connectivity index (χ0v) is 11.9. The molecular formula is C16H17N5. The Labute approximate surface area is 123 Å². The van der Waals surface area contributed by atoms with Gasteiger partial charge in [-0.3, -0.25) is 0 Å². The normalized spacial score (nSPS) is 17.7. The van der Waals surface area contributed by atoms with E-state index in [0.717, 1.165) is 24.3 Å². The number of hydrogen-bond donors (Lipinski definition) is 2. The van der Waals surface area contributed by atoms with Crippen LogP contribution in [-0.4, -0.2) is 26.3 Å². The number of rotatable bonds is 2. The quantitative estimate of drug-likeness (QED) is 0.755. The molecule has 3 heterocycles. The lowest BCUT2D eigenvalue weighted by atomic mass is 9.94. The highest BCUT2D eigenvalue weighted by Crippen LogP contribution is 2.29. The van der Waals surface area contributed by atoms with E-state index in [2.05, 4.69) is 45.5 Å². The van der Waals surface area contributed by atoms with E-state index in [1.165, 1.54) is 16.8 Å². The summed E-state index contributed by atoms with van der Waals surface area (Å²) in [5, 5.41) is 7.85. The van der Waals surface area contributed by atoms with Crippen molar-refractivity contribution < 1.29 is 0 Å². The Hall–Kier alpha value is -2.40. The average Bonchev–Trinajstić information content (AvgIpc) is 3.18. The van der Waals surface area contributed by atoms with E-state index in [0.29, 0.717) is 0 Å². The van der Waals surface area contributed by atoms with Crippen LogP contribution in [0.2, 0.25) is 0 Å². The van der Waals surface area contributed by atoms with Crippen molar-refractivity contribution >= 4 is 0 Å². The number of aryl methyl sites for hydroxylation is 1. The minimum Gasteiger partial charge on any atom is -0.348 e. The summed E-state index contributed by atoms with van der Waals surface area (Å²) < 4.78 is 1.88. The fourth-order valence-corrected chi connectivity index (χ4v) is 3.02. The molecule has 2 aromatic heterocycles. The minimum atomic E-state index is 0.173. The van der Waals surface area contributed by atoms with Gasteiger partial charge < -0.3 is 10.3 Å². The Bertz CT molecular complexity index is 757. The Morgan fingerprint density at radius 1 is 1.33 bits per heavy atom. The molecule has 0 spiro atoms. The molecule has 21 heavy (non-hydrogen) atoms. The van der Waals surface area contributed by atoms with Gasteiger partial charge in [0.05, 0.1) is 23.8 Å². The molecule has 0 saturated carbocycles. The molecule has 5 nitrogen and oxygen atoms in total. The Morgan fingerprint density at radius 3 is 3.10 bits per heavy atom. The average molecular weight is 279 g/mol. The topological polar surface area (TPSA) is 58.5 Å². The first-order chi connectivity index (χ1) is 10.3. The molecule has 0 radical (unpaired) electrons. The van der Waals surface area contributed by atoms with Crippen LogP contribution in [0.15, 0.2) is 43.0 Å². The van der Waals surface area contributed by atoms with Crippen molar-refractivity contribution in [3.05, 3.63) is 65.5 Å². The lowest BCUT2D eigenvalue weighted by molar-refractivity contribution is 0.551. The second-order valence-corrected chi connectivity index (χ2v) is 5.39. The summed E-state index contributed by atoms with van der Waals surface area (Å²) in [7, 11) is 0. The van der Waals surface area contributed by atoms with E-state index in [1.807, 2.05) is 16.9 Å². The third kappa shape index (κ3) is 2.06. The molecule has 1 aromatic carbocycles. The van der Waals surface area contributed by atoms with Crippen LogP contribution >= 0.6 is 0 Å². The Balaban J connectivity index is 1.74. The second kappa shape index (κ2) is 4.86. The van der Waals surface area contributed by atoms with Gasteiger partial charge in [0.2, 0.25) is 0 Å². The SMILES string of the molecule is Cc1cc(-n2cccn2)ccc1[C@H]1NCCc2[nH]cnc21. The summed E-state index contributed by atoms with van der Waals surface area (Å²) in [4.78, 5) is 7.74. The third-order valence-corrected chi connectivity index (χ3v) is 4.08. The number of nitrogens with zero attached hydrogens (tertiary/aromatic N) is 3. The Kier molecular flexibility index (Phi) is 2.86. The number of aromatic nitrogens is 4. The first-order valence-corrected chi connectivity index (χ1v) is 7.19. The van der Waals surface area contributed by atoms with E-state index in [4.69, 9.17) is 0 Å². The highest BCUT2D eigenvalue weighted by atomic mass is 15.3. The molecule has 0 bridgehead atoms. The first-order valence-electron chi connectivity index (χ1n) is 7.19. The fourth-order valence-electron chi connectivity index (χ4n) is 3.02. The minimum absolute atomic E-state index is 0.173. The van der Waals surface area contributed by atoms with Gasteiger partial charge in [0, 0.05) is 31.1 Å². The summed E-state index contributed by atoms with van der Waals surface area (Å²) in [5.74, 6) is 0. The van der Waals surface area contributed by atoms with Gasteiger partial charge in [-0.25, -0.2) is 9.67 Å². The molecule has 0 aliphatic carbocycles. The number of fused-ring (bicyclic) bond motifs is 1. The van der Waals surface area contributed by atoms with Crippen LogP contribution < -0.4 is 5.32 Å². The maximum absolute atomic E-state index is 4.49. The van der Waals surface area contributed by atoms with Gasteiger partial charge >= 0.3 is 0 Å². The van der Waals surface area contributed by atoms with Crippen LogP contribution in [0.25, 0.3) is 5.69 Å². The van der Waals surface area contributed by atoms with E-state index in [1.54, 1.807) is 12.5 Å².